The Morgan fingerprint density at radius 2 is 1.72 bits per heavy atom. The van der Waals surface area contributed by atoms with Crippen molar-refractivity contribution in [2.45, 2.75) is 13.5 Å². The first-order valence-electron chi connectivity index (χ1n) is 9.06. The Hall–Kier alpha value is -3.93. The Labute approximate surface area is 166 Å². The molecule has 0 atom stereocenters. The van der Waals surface area contributed by atoms with E-state index >= 15 is 0 Å². The van der Waals surface area contributed by atoms with E-state index in [0.717, 1.165) is 16.5 Å². The third-order valence-electron chi connectivity index (χ3n) is 5.04. The molecule has 0 spiro atoms. The van der Waals surface area contributed by atoms with Crippen LogP contribution in [0.15, 0.2) is 66.9 Å². The van der Waals surface area contributed by atoms with E-state index in [1.807, 2.05) is 53.2 Å². The molecule has 0 saturated heterocycles. The molecule has 3 aromatic carbocycles. The van der Waals surface area contributed by atoms with Crippen molar-refractivity contribution >= 4 is 22.8 Å². The Morgan fingerprint density at radius 3 is 2.41 bits per heavy atom. The Kier molecular flexibility index (Phi) is 4.60. The molecule has 6 heteroatoms. The molecule has 144 valence electrons. The van der Waals surface area contributed by atoms with Crippen LogP contribution in [0.2, 0.25) is 0 Å². The van der Waals surface area contributed by atoms with Crippen molar-refractivity contribution in [1.82, 2.24) is 9.78 Å². The van der Waals surface area contributed by atoms with Gasteiger partial charge in [0, 0.05) is 5.39 Å². The Morgan fingerprint density at radius 1 is 0.966 bits per heavy atom. The van der Waals surface area contributed by atoms with Gasteiger partial charge in [-0.25, -0.2) is 9.59 Å². The number of hydrogen-bond donors (Lipinski definition) is 2. The molecule has 2 N–H and O–H groups in total. The number of fused-ring (bicyclic) bond motifs is 1. The van der Waals surface area contributed by atoms with Gasteiger partial charge in [0.25, 0.3) is 0 Å². The second-order valence-corrected chi connectivity index (χ2v) is 6.83. The van der Waals surface area contributed by atoms with Crippen molar-refractivity contribution in [1.29, 1.82) is 0 Å². The summed E-state index contributed by atoms with van der Waals surface area (Å²) < 4.78 is 1.89. The summed E-state index contributed by atoms with van der Waals surface area (Å²) >= 11 is 0. The molecule has 0 bridgehead atoms. The summed E-state index contributed by atoms with van der Waals surface area (Å²) in [6.07, 6.45) is 1.75. The highest BCUT2D eigenvalue weighted by molar-refractivity contribution is 6.02. The van der Waals surface area contributed by atoms with Crippen LogP contribution in [0.1, 0.15) is 31.8 Å². The summed E-state index contributed by atoms with van der Waals surface area (Å²) in [6, 6.07) is 18.6. The van der Waals surface area contributed by atoms with Gasteiger partial charge in [-0.3, -0.25) is 4.68 Å². The molecule has 0 unspecified atom stereocenters. The van der Waals surface area contributed by atoms with E-state index in [-0.39, 0.29) is 16.7 Å². The highest BCUT2D eigenvalue weighted by Crippen LogP contribution is 2.31. The SMILES string of the molecule is Cc1c(C(=O)O)ccc(-c2ccc3c(cnn3Cc3ccccc3)c2)c1C(=O)O. The molecule has 0 radical (unpaired) electrons. The Balaban J connectivity index is 1.79. The molecule has 0 amide bonds. The van der Waals surface area contributed by atoms with E-state index < -0.39 is 11.9 Å². The van der Waals surface area contributed by atoms with Gasteiger partial charge in [0.1, 0.15) is 0 Å². The maximum atomic E-state index is 11.9. The predicted octanol–water partition coefficient (Wildman–Crippen LogP) is 4.46. The number of carbonyl (C=O) groups is 2. The van der Waals surface area contributed by atoms with Gasteiger partial charge < -0.3 is 10.2 Å². The summed E-state index contributed by atoms with van der Waals surface area (Å²) in [5.74, 6) is -2.30. The van der Waals surface area contributed by atoms with Crippen LogP contribution in [-0.4, -0.2) is 31.9 Å². The van der Waals surface area contributed by atoms with Crippen LogP contribution in [0, 0.1) is 6.92 Å². The number of aromatic nitrogens is 2. The summed E-state index contributed by atoms with van der Waals surface area (Å²) in [4.78, 5) is 23.2. The lowest BCUT2D eigenvalue weighted by molar-refractivity contribution is 0.0696. The molecule has 0 aliphatic heterocycles. The lowest BCUT2D eigenvalue weighted by atomic mass is 9.92. The van der Waals surface area contributed by atoms with Crippen molar-refractivity contribution in [3.8, 4) is 11.1 Å². The van der Waals surface area contributed by atoms with E-state index in [9.17, 15) is 19.8 Å². The minimum atomic E-state index is -1.15. The quantitative estimate of drug-likeness (QED) is 0.528. The van der Waals surface area contributed by atoms with Crippen LogP contribution in [-0.2, 0) is 6.54 Å². The van der Waals surface area contributed by atoms with E-state index in [2.05, 4.69) is 5.10 Å². The molecule has 4 aromatic rings. The van der Waals surface area contributed by atoms with Gasteiger partial charge in [-0.2, -0.15) is 5.10 Å². The van der Waals surface area contributed by atoms with Crippen LogP contribution < -0.4 is 0 Å². The molecule has 0 fully saturated rings. The highest BCUT2D eigenvalue weighted by atomic mass is 16.4. The molecule has 1 aromatic heterocycles. The predicted molar refractivity (Wildman–Crippen MR) is 109 cm³/mol. The first-order chi connectivity index (χ1) is 14.0. The maximum absolute atomic E-state index is 11.9. The number of benzene rings is 3. The zero-order valence-corrected chi connectivity index (χ0v) is 15.7. The lowest BCUT2D eigenvalue weighted by Crippen LogP contribution is -2.09. The van der Waals surface area contributed by atoms with Crippen LogP contribution in [0.25, 0.3) is 22.0 Å². The van der Waals surface area contributed by atoms with Crippen molar-refractivity contribution in [2.75, 3.05) is 0 Å². The highest BCUT2D eigenvalue weighted by Gasteiger charge is 2.20. The van der Waals surface area contributed by atoms with Gasteiger partial charge in [-0.1, -0.05) is 42.5 Å². The average molecular weight is 386 g/mol. The van der Waals surface area contributed by atoms with Crippen molar-refractivity contribution in [2.24, 2.45) is 0 Å². The normalized spacial score (nSPS) is 10.9. The average Bonchev–Trinajstić information content (AvgIpc) is 3.10. The van der Waals surface area contributed by atoms with E-state index in [0.29, 0.717) is 17.7 Å². The lowest BCUT2D eigenvalue weighted by Gasteiger charge is -2.12. The third-order valence-corrected chi connectivity index (χ3v) is 5.04. The van der Waals surface area contributed by atoms with Crippen LogP contribution in [0.5, 0.6) is 0 Å². The minimum Gasteiger partial charge on any atom is -0.478 e. The van der Waals surface area contributed by atoms with Crippen molar-refractivity contribution in [3.63, 3.8) is 0 Å². The largest absolute Gasteiger partial charge is 0.478 e. The smallest absolute Gasteiger partial charge is 0.336 e. The van der Waals surface area contributed by atoms with Crippen molar-refractivity contribution in [3.05, 3.63) is 89.1 Å². The number of carboxylic acids is 2. The fraction of sp³-hybridized carbons (Fsp3) is 0.0870. The van der Waals surface area contributed by atoms with E-state index in [4.69, 9.17) is 0 Å². The number of aromatic carboxylic acids is 2. The summed E-state index contributed by atoms with van der Waals surface area (Å²) in [7, 11) is 0. The van der Waals surface area contributed by atoms with E-state index in [1.54, 1.807) is 12.3 Å². The van der Waals surface area contributed by atoms with Gasteiger partial charge in [-0.05, 0) is 47.4 Å². The molecule has 0 saturated carbocycles. The van der Waals surface area contributed by atoms with Gasteiger partial charge in [0.05, 0.1) is 29.4 Å². The molecule has 1 heterocycles. The number of carboxylic acid groups (broad SMARTS) is 2. The molecule has 4 rings (SSSR count). The minimum absolute atomic E-state index is 0.000859. The van der Waals surface area contributed by atoms with Crippen molar-refractivity contribution < 1.29 is 19.8 Å². The molecule has 0 aliphatic rings. The molecule has 29 heavy (non-hydrogen) atoms. The number of nitrogens with zero attached hydrogens (tertiary/aromatic N) is 2. The van der Waals surface area contributed by atoms with Gasteiger partial charge >= 0.3 is 11.9 Å². The topological polar surface area (TPSA) is 92.4 Å². The second kappa shape index (κ2) is 7.24. The van der Waals surface area contributed by atoms with E-state index in [1.165, 1.54) is 13.0 Å². The molecular weight excluding hydrogens is 368 g/mol. The molecule has 6 nitrogen and oxygen atoms in total. The summed E-state index contributed by atoms with van der Waals surface area (Å²) in [5.41, 5.74) is 3.49. The summed E-state index contributed by atoms with van der Waals surface area (Å²) in [5, 5.41) is 24.3. The zero-order chi connectivity index (χ0) is 20.5. The van der Waals surface area contributed by atoms with Crippen LogP contribution >= 0.6 is 0 Å². The number of rotatable bonds is 5. The first-order valence-corrected chi connectivity index (χ1v) is 9.06. The monoisotopic (exact) mass is 386 g/mol. The molecule has 0 aliphatic carbocycles. The number of hydrogen-bond acceptors (Lipinski definition) is 3. The first kappa shape index (κ1) is 18.4. The van der Waals surface area contributed by atoms with Gasteiger partial charge in [-0.15, -0.1) is 0 Å². The standard InChI is InChI=1S/C23H18N2O4/c1-14-18(22(26)27)8-9-19(21(14)23(28)29)16-7-10-20-17(11-16)12-24-25(20)13-15-5-3-2-4-6-15/h2-12H,13H2,1H3,(H,26,27)(H,28,29). The third kappa shape index (κ3) is 3.36. The van der Waals surface area contributed by atoms with Crippen LogP contribution in [0.4, 0.5) is 0 Å². The second-order valence-electron chi connectivity index (χ2n) is 6.83. The zero-order valence-electron chi connectivity index (χ0n) is 15.7. The van der Waals surface area contributed by atoms with Gasteiger partial charge in [0.2, 0.25) is 0 Å². The fourth-order valence-electron chi connectivity index (χ4n) is 3.60. The Bertz CT molecular complexity index is 1240. The maximum Gasteiger partial charge on any atom is 0.336 e. The van der Waals surface area contributed by atoms with Crippen LogP contribution in [0.3, 0.4) is 0 Å². The van der Waals surface area contributed by atoms with Gasteiger partial charge in [0.15, 0.2) is 0 Å². The summed E-state index contributed by atoms with van der Waals surface area (Å²) in [6.45, 7) is 2.16. The molecular formula is C23H18N2O4. The fourth-order valence-corrected chi connectivity index (χ4v) is 3.60.